The van der Waals surface area contributed by atoms with Gasteiger partial charge in [-0.2, -0.15) is 24.9 Å². The number of alkyl halides is 3. The summed E-state index contributed by atoms with van der Waals surface area (Å²) in [5, 5.41) is 3.47. The third-order valence-electron chi connectivity index (χ3n) is 3.45. The molecule has 0 aromatic carbocycles. The molecule has 0 aromatic heterocycles. The van der Waals surface area contributed by atoms with Crippen LogP contribution in [0.4, 0.5) is 13.2 Å². The van der Waals surface area contributed by atoms with Gasteiger partial charge in [0.05, 0.1) is 6.54 Å². The summed E-state index contributed by atoms with van der Waals surface area (Å²) in [6.45, 7) is 1.36. The first kappa shape index (κ1) is 17.1. The maximum Gasteiger partial charge on any atom is 0.401 e. The summed E-state index contributed by atoms with van der Waals surface area (Å²) in [6.07, 6.45) is 3.39. The number of rotatable bonds is 8. The Hall–Kier alpha value is 0.0600. The van der Waals surface area contributed by atoms with Crippen LogP contribution in [0.1, 0.15) is 32.1 Å². The molecular weight excluding hydrogens is 273 g/mol. The fourth-order valence-electron chi connectivity index (χ4n) is 2.40. The molecule has 0 bridgehead atoms. The smallest absolute Gasteiger partial charge is 0.314 e. The summed E-state index contributed by atoms with van der Waals surface area (Å²) < 4.78 is 36.7. The summed E-state index contributed by atoms with van der Waals surface area (Å²) in [6, 6.07) is 0.407. The van der Waals surface area contributed by atoms with E-state index in [4.69, 9.17) is 0 Å². The first-order chi connectivity index (χ1) is 9.01. The normalized spacial score (nSPS) is 18.9. The average Bonchev–Trinajstić information content (AvgIpc) is 2.34. The van der Waals surface area contributed by atoms with Gasteiger partial charge in [0.15, 0.2) is 0 Å². The lowest BCUT2D eigenvalue weighted by molar-refractivity contribution is -0.148. The number of halogens is 3. The highest BCUT2D eigenvalue weighted by molar-refractivity contribution is 7.98. The van der Waals surface area contributed by atoms with Gasteiger partial charge in [-0.3, -0.25) is 4.90 Å². The van der Waals surface area contributed by atoms with Gasteiger partial charge < -0.3 is 5.32 Å². The van der Waals surface area contributed by atoms with E-state index in [1.165, 1.54) is 29.9 Å². The lowest BCUT2D eigenvalue weighted by Gasteiger charge is -2.32. The quantitative estimate of drug-likeness (QED) is 0.693. The van der Waals surface area contributed by atoms with Gasteiger partial charge in [-0.25, -0.2) is 0 Å². The lowest BCUT2D eigenvalue weighted by atomic mass is 10.0. The molecule has 1 N–H and O–H groups in total. The second-order valence-electron chi connectivity index (χ2n) is 5.17. The van der Waals surface area contributed by atoms with Crippen molar-refractivity contribution in [1.29, 1.82) is 0 Å². The molecule has 19 heavy (non-hydrogen) atoms. The fraction of sp³-hybridized carbons (Fsp3) is 1.00. The van der Waals surface area contributed by atoms with Gasteiger partial charge in [-0.1, -0.05) is 6.42 Å². The number of nitrogens with zero attached hydrogens (tertiary/aromatic N) is 1. The van der Waals surface area contributed by atoms with Gasteiger partial charge in [0.25, 0.3) is 0 Å². The Balaban J connectivity index is 2.01. The molecule has 1 fully saturated rings. The van der Waals surface area contributed by atoms with Gasteiger partial charge >= 0.3 is 6.18 Å². The fourth-order valence-corrected chi connectivity index (χ4v) is 2.90. The molecule has 0 aromatic rings. The summed E-state index contributed by atoms with van der Waals surface area (Å²) in [4.78, 5) is 1.51. The minimum Gasteiger partial charge on any atom is -0.314 e. The minimum atomic E-state index is -4.06. The van der Waals surface area contributed by atoms with Gasteiger partial charge in [0.2, 0.25) is 0 Å². The van der Waals surface area contributed by atoms with E-state index in [1.807, 2.05) is 11.8 Å². The van der Waals surface area contributed by atoms with E-state index in [9.17, 15) is 13.2 Å². The molecule has 0 amide bonds. The Morgan fingerprint density at radius 2 is 1.84 bits per heavy atom. The molecule has 1 aliphatic heterocycles. The zero-order valence-corrected chi connectivity index (χ0v) is 12.5. The Bertz CT molecular complexity index is 228. The molecule has 1 saturated heterocycles. The van der Waals surface area contributed by atoms with Crippen LogP contribution in [-0.4, -0.2) is 55.3 Å². The molecular formula is C13H25F3N2S. The van der Waals surface area contributed by atoms with E-state index in [2.05, 4.69) is 11.6 Å². The monoisotopic (exact) mass is 298 g/mol. The number of thioether (sulfide) groups is 1. The molecule has 0 saturated carbocycles. The lowest BCUT2D eigenvalue weighted by Crippen LogP contribution is -2.45. The van der Waals surface area contributed by atoms with Crippen LogP contribution in [0, 0.1) is 0 Å². The Labute approximate surface area is 118 Å². The van der Waals surface area contributed by atoms with Crippen LogP contribution in [0.15, 0.2) is 0 Å². The summed E-state index contributed by atoms with van der Waals surface area (Å²) >= 11 is 1.87. The van der Waals surface area contributed by atoms with Crippen LogP contribution in [0.2, 0.25) is 0 Å². The van der Waals surface area contributed by atoms with Crippen molar-refractivity contribution in [3.8, 4) is 0 Å². The Morgan fingerprint density at radius 1 is 1.16 bits per heavy atom. The minimum absolute atomic E-state index is 0.407. The van der Waals surface area contributed by atoms with E-state index in [1.54, 1.807) is 0 Å². The molecule has 0 aliphatic carbocycles. The number of unbranched alkanes of at least 4 members (excludes halogenated alkanes) is 2. The van der Waals surface area contributed by atoms with Crippen LogP contribution in [0.3, 0.4) is 0 Å². The maximum absolute atomic E-state index is 12.2. The van der Waals surface area contributed by atoms with Gasteiger partial charge in [0, 0.05) is 6.04 Å². The number of piperidine rings is 1. The van der Waals surface area contributed by atoms with E-state index in [0.717, 1.165) is 19.4 Å². The highest BCUT2D eigenvalue weighted by Crippen LogP contribution is 2.19. The number of nitrogens with one attached hydrogen (secondary N) is 1. The number of likely N-dealkylation sites (tertiary alicyclic amines) is 1. The second kappa shape index (κ2) is 9.08. The van der Waals surface area contributed by atoms with Crippen molar-refractivity contribution in [2.75, 3.05) is 38.2 Å². The van der Waals surface area contributed by atoms with Gasteiger partial charge in [-0.05, 0) is 57.3 Å². The van der Waals surface area contributed by atoms with E-state index in [0.29, 0.717) is 19.1 Å². The molecule has 2 nitrogen and oxygen atoms in total. The molecule has 0 radical (unpaired) electrons. The highest BCUT2D eigenvalue weighted by atomic mass is 32.2. The molecule has 0 atom stereocenters. The molecule has 114 valence electrons. The van der Waals surface area contributed by atoms with Crippen molar-refractivity contribution in [3.63, 3.8) is 0 Å². The largest absolute Gasteiger partial charge is 0.401 e. The molecule has 0 unspecified atom stereocenters. The molecule has 6 heteroatoms. The van der Waals surface area contributed by atoms with Gasteiger partial charge in [0.1, 0.15) is 0 Å². The summed E-state index contributed by atoms with van der Waals surface area (Å²) in [7, 11) is 0. The molecule has 0 spiro atoms. The van der Waals surface area contributed by atoms with Crippen molar-refractivity contribution in [2.45, 2.75) is 44.3 Å². The van der Waals surface area contributed by atoms with Crippen molar-refractivity contribution >= 4 is 11.8 Å². The summed E-state index contributed by atoms with van der Waals surface area (Å²) in [5.74, 6) is 1.22. The van der Waals surface area contributed by atoms with Crippen LogP contribution >= 0.6 is 11.8 Å². The average molecular weight is 298 g/mol. The summed E-state index contributed by atoms with van der Waals surface area (Å²) in [5.41, 5.74) is 0. The third-order valence-corrected chi connectivity index (χ3v) is 4.15. The number of hydrogen-bond donors (Lipinski definition) is 1. The van der Waals surface area contributed by atoms with Crippen molar-refractivity contribution in [1.82, 2.24) is 10.2 Å². The maximum atomic E-state index is 12.2. The van der Waals surface area contributed by atoms with Gasteiger partial charge in [-0.15, -0.1) is 0 Å². The van der Waals surface area contributed by atoms with Crippen molar-refractivity contribution < 1.29 is 13.2 Å². The van der Waals surface area contributed by atoms with Crippen LogP contribution in [-0.2, 0) is 0 Å². The number of hydrogen-bond acceptors (Lipinski definition) is 3. The topological polar surface area (TPSA) is 15.3 Å². The molecule has 1 heterocycles. The first-order valence-corrected chi connectivity index (χ1v) is 8.42. The Morgan fingerprint density at radius 3 is 2.42 bits per heavy atom. The van der Waals surface area contributed by atoms with E-state index in [-0.39, 0.29) is 0 Å². The first-order valence-electron chi connectivity index (χ1n) is 7.02. The zero-order chi connectivity index (χ0) is 14.1. The Kier molecular flexibility index (Phi) is 8.18. The third kappa shape index (κ3) is 8.76. The SMILES string of the molecule is CSCCCCCNC1CCN(CC(F)(F)F)CC1. The highest BCUT2D eigenvalue weighted by Gasteiger charge is 2.32. The predicted molar refractivity (Wildman–Crippen MR) is 75.8 cm³/mol. The molecule has 1 rings (SSSR count). The van der Waals surface area contributed by atoms with Crippen LogP contribution in [0.25, 0.3) is 0 Å². The van der Waals surface area contributed by atoms with Crippen LogP contribution in [0.5, 0.6) is 0 Å². The predicted octanol–water partition coefficient (Wildman–Crippen LogP) is 3.14. The van der Waals surface area contributed by atoms with E-state index < -0.39 is 12.7 Å². The standard InChI is InChI=1S/C13H25F3N2S/c1-19-10-4-2-3-7-17-12-5-8-18(9-6-12)11-13(14,15)16/h12,17H,2-11H2,1H3. The van der Waals surface area contributed by atoms with Crippen LogP contribution < -0.4 is 5.32 Å². The molecule has 1 aliphatic rings. The second-order valence-corrected chi connectivity index (χ2v) is 6.16. The van der Waals surface area contributed by atoms with E-state index >= 15 is 0 Å². The van der Waals surface area contributed by atoms with Crippen molar-refractivity contribution in [2.24, 2.45) is 0 Å². The van der Waals surface area contributed by atoms with Crippen molar-refractivity contribution in [3.05, 3.63) is 0 Å². The zero-order valence-electron chi connectivity index (χ0n) is 11.6.